The third kappa shape index (κ3) is 4.27. The zero-order valence-corrected chi connectivity index (χ0v) is 12.4. The summed E-state index contributed by atoms with van der Waals surface area (Å²) in [6, 6.07) is 2.60. The molecule has 1 atom stereocenters. The van der Waals surface area contributed by atoms with E-state index in [9.17, 15) is 26.7 Å². The number of amides is 1. The Balaban J connectivity index is 2.08. The normalized spacial score (nSPS) is 13.1. The van der Waals surface area contributed by atoms with Crippen molar-refractivity contribution in [2.45, 2.75) is 32.1 Å². The molecule has 2 aromatic heterocycles. The van der Waals surface area contributed by atoms with Crippen LogP contribution in [0.5, 0.6) is 0 Å². The summed E-state index contributed by atoms with van der Waals surface area (Å²) in [5, 5.41) is 6.14. The van der Waals surface area contributed by atoms with Crippen LogP contribution in [0.25, 0.3) is 0 Å². The Bertz CT molecular complexity index is 696. The molecule has 1 amide bonds. The lowest BCUT2D eigenvalue weighted by molar-refractivity contribution is -0.141. The minimum Gasteiger partial charge on any atom is -0.344 e. The van der Waals surface area contributed by atoms with E-state index >= 15 is 0 Å². The van der Waals surface area contributed by atoms with Crippen LogP contribution in [0.1, 0.15) is 34.7 Å². The summed E-state index contributed by atoms with van der Waals surface area (Å²) in [4.78, 5) is 15.4. The van der Waals surface area contributed by atoms with Gasteiger partial charge in [0, 0.05) is 12.4 Å². The van der Waals surface area contributed by atoms with Crippen molar-refractivity contribution in [1.29, 1.82) is 0 Å². The average molecular weight is 348 g/mol. The second-order valence-corrected chi connectivity index (χ2v) is 4.96. The standard InChI is InChI=1S/C14H13F5N4O/c1-8(9-2-3-11(20-6-9)14(17,18)19)22-13(24)10-4-5-21-23(10)7-12(15)16/h2-6,8,12H,7H2,1H3,(H,22,24)/t8-/m1/s1. The molecule has 2 rings (SSSR count). The van der Waals surface area contributed by atoms with Gasteiger partial charge in [0.1, 0.15) is 17.9 Å². The van der Waals surface area contributed by atoms with Crippen LogP contribution in [0.4, 0.5) is 22.0 Å². The first-order valence-electron chi connectivity index (χ1n) is 6.82. The van der Waals surface area contributed by atoms with Crippen LogP contribution in [0.15, 0.2) is 30.6 Å². The third-order valence-corrected chi connectivity index (χ3v) is 3.18. The Labute approximate surface area is 133 Å². The van der Waals surface area contributed by atoms with Crippen LogP contribution in [-0.4, -0.2) is 27.1 Å². The van der Waals surface area contributed by atoms with E-state index in [-0.39, 0.29) is 5.69 Å². The second-order valence-electron chi connectivity index (χ2n) is 4.96. The van der Waals surface area contributed by atoms with Crippen molar-refractivity contribution >= 4 is 5.91 Å². The quantitative estimate of drug-likeness (QED) is 0.845. The van der Waals surface area contributed by atoms with Crippen LogP contribution in [0.2, 0.25) is 0 Å². The van der Waals surface area contributed by atoms with Crippen molar-refractivity contribution in [1.82, 2.24) is 20.1 Å². The first kappa shape index (κ1) is 17.8. The molecule has 0 radical (unpaired) electrons. The predicted octanol–water partition coefficient (Wildman–Crippen LogP) is 3.05. The largest absolute Gasteiger partial charge is 0.433 e. The van der Waals surface area contributed by atoms with Gasteiger partial charge in [0.05, 0.1) is 6.04 Å². The van der Waals surface area contributed by atoms with Crippen molar-refractivity contribution in [3.05, 3.63) is 47.5 Å². The Kier molecular flexibility index (Phi) is 5.15. The van der Waals surface area contributed by atoms with Crippen LogP contribution in [0.3, 0.4) is 0 Å². The maximum Gasteiger partial charge on any atom is 0.433 e. The highest BCUT2D eigenvalue weighted by molar-refractivity contribution is 5.92. The van der Waals surface area contributed by atoms with Crippen LogP contribution in [-0.2, 0) is 12.7 Å². The number of hydrogen-bond donors (Lipinski definition) is 1. The van der Waals surface area contributed by atoms with Gasteiger partial charge in [-0.2, -0.15) is 18.3 Å². The van der Waals surface area contributed by atoms with Gasteiger partial charge in [-0.05, 0) is 24.6 Å². The number of pyridine rings is 1. The van der Waals surface area contributed by atoms with Crippen molar-refractivity contribution in [2.75, 3.05) is 0 Å². The van der Waals surface area contributed by atoms with Crippen LogP contribution >= 0.6 is 0 Å². The maximum atomic E-state index is 12.5. The lowest BCUT2D eigenvalue weighted by Gasteiger charge is -2.15. The summed E-state index contributed by atoms with van der Waals surface area (Å²) < 4.78 is 63.1. The second kappa shape index (κ2) is 6.93. The van der Waals surface area contributed by atoms with Gasteiger partial charge >= 0.3 is 6.18 Å². The molecule has 0 unspecified atom stereocenters. The number of halogens is 5. The molecule has 130 valence electrons. The minimum absolute atomic E-state index is 0.0676. The van der Waals surface area contributed by atoms with Crippen molar-refractivity contribution in [3.8, 4) is 0 Å². The molecule has 24 heavy (non-hydrogen) atoms. The molecule has 0 aliphatic carbocycles. The number of aromatic nitrogens is 3. The van der Waals surface area contributed by atoms with Gasteiger partial charge in [0.2, 0.25) is 0 Å². The van der Waals surface area contributed by atoms with E-state index in [4.69, 9.17) is 0 Å². The molecule has 0 aliphatic rings. The summed E-state index contributed by atoms with van der Waals surface area (Å²) >= 11 is 0. The first-order valence-corrected chi connectivity index (χ1v) is 6.82. The minimum atomic E-state index is -4.55. The lowest BCUT2D eigenvalue weighted by Crippen LogP contribution is -2.29. The molecule has 0 spiro atoms. The van der Waals surface area contributed by atoms with Crippen LogP contribution < -0.4 is 5.32 Å². The molecule has 2 heterocycles. The molecule has 1 N–H and O–H groups in total. The molecule has 0 aromatic carbocycles. The highest BCUT2D eigenvalue weighted by Gasteiger charge is 2.32. The number of carbonyl (C=O) groups is 1. The van der Waals surface area contributed by atoms with Crippen molar-refractivity contribution < 1.29 is 26.7 Å². The molecule has 0 fully saturated rings. The van der Waals surface area contributed by atoms with Crippen molar-refractivity contribution in [2.24, 2.45) is 0 Å². The van der Waals surface area contributed by atoms with E-state index in [1.807, 2.05) is 0 Å². The molecule has 5 nitrogen and oxygen atoms in total. The Morgan fingerprint density at radius 3 is 2.54 bits per heavy atom. The Morgan fingerprint density at radius 1 is 1.29 bits per heavy atom. The van der Waals surface area contributed by atoms with Gasteiger partial charge in [-0.25, -0.2) is 8.78 Å². The van der Waals surface area contributed by atoms with E-state index < -0.39 is 36.8 Å². The van der Waals surface area contributed by atoms with E-state index in [1.54, 1.807) is 0 Å². The van der Waals surface area contributed by atoms with E-state index in [2.05, 4.69) is 15.4 Å². The molecular weight excluding hydrogens is 335 g/mol. The number of alkyl halides is 5. The first-order chi connectivity index (χ1) is 11.2. The van der Waals surface area contributed by atoms with Gasteiger partial charge in [-0.3, -0.25) is 14.5 Å². The van der Waals surface area contributed by atoms with Gasteiger partial charge < -0.3 is 5.32 Å². The smallest absolute Gasteiger partial charge is 0.344 e. The number of nitrogens with zero attached hydrogens (tertiary/aromatic N) is 3. The highest BCUT2D eigenvalue weighted by atomic mass is 19.4. The summed E-state index contributed by atoms with van der Waals surface area (Å²) in [6.45, 7) is 0.808. The summed E-state index contributed by atoms with van der Waals surface area (Å²) in [6.07, 6.45) is -5.01. The predicted molar refractivity (Wildman–Crippen MR) is 73.4 cm³/mol. The molecular formula is C14H13F5N4O. The molecule has 0 saturated carbocycles. The molecule has 0 aliphatic heterocycles. The highest BCUT2D eigenvalue weighted by Crippen LogP contribution is 2.27. The maximum absolute atomic E-state index is 12.5. The lowest BCUT2D eigenvalue weighted by atomic mass is 10.1. The summed E-state index contributed by atoms with van der Waals surface area (Å²) in [5.41, 5.74) is -0.766. The summed E-state index contributed by atoms with van der Waals surface area (Å²) in [5.74, 6) is -0.666. The van der Waals surface area contributed by atoms with Crippen molar-refractivity contribution in [3.63, 3.8) is 0 Å². The number of nitrogens with one attached hydrogen (secondary N) is 1. The van der Waals surface area contributed by atoms with E-state index in [0.717, 1.165) is 16.9 Å². The zero-order chi connectivity index (χ0) is 17.9. The van der Waals surface area contributed by atoms with E-state index in [0.29, 0.717) is 5.56 Å². The van der Waals surface area contributed by atoms with Crippen LogP contribution in [0, 0.1) is 0 Å². The number of rotatable bonds is 5. The Hall–Kier alpha value is -2.52. The Morgan fingerprint density at radius 2 is 2.00 bits per heavy atom. The SMILES string of the molecule is C[C@@H](NC(=O)c1ccnn1CC(F)F)c1ccc(C(F)(F)F)nc1. The molecule has 10 heteroatoms. The zero-order valence-electron chi connectivity index (χ0n) is 12.4. The van der Waals surface area contributed by atoms with Gasteiger partial charge in [-0.1, -0.05) is 6.07 Å². The van der Waals surface area contributed by atoms with Gasteiger partial charge in [-0.15, -0.1) is 0 Å². The fourth-order valence-electron chi connectivity index (χ4n) is 1.98. The number of carbonyl (C=O) groups excluding carboxylic acids is 1. The molecule has 2 aromatic rings. The van der Waals surface area contributed by atoms with E-state index in [1.165, 1.54) is 25.3 Å². The molecule has 0 bridgehead atoms. The van der Waals surface area contributed by atoms with Gasteiger partial charge in [0.15, 0.2) is 0 Å². The number of hydrogen-bond acceptors (Lipinski definition) is 3. The third-order valence-electron chi connectivity index (χ3n) is 3.18. The average Bonchev–Trinajstić information content (AvgIpc) is 2.93. The molecule has 0 saturated heterocycles. The summed E-state index contributed by atoms with van der Waals surface area (Å²) in [7, 11) is 0. The fourth-order valence-corrected chi connectivity index (χ4v) is 1.98. The topological polar surface area (TPSA) is 59.8 Å². The fraction of sp³-hybridized carbons (Fsp3) is 0.357. The van der Waals surface area contributed by atoms with Gasteiger partial charge in [0.25, 0.3) is 12.3 Å². The monoisotopic (exact) mass is 348 g/mol.